The molecule has 2 atom stereocenters. The number of carbonyl (C=O) groups excluding carboxylic acids is 3. The molecular formula is C17H27N3O5S. The Labute approximate surface area is 154 Å². The Balaban J connectivity index is 1.76. The van der Waals surface area contributed by atoms with Crippen molar-refractivity contribution in [1.29, 1.82) is 0 Å². The average molecular weight is 385 g/mol. The first-order valence-corrected chi connectivity index (χ1v) is 11.2. The fourth-order valence-electron chi connectivity index (χ4n) is 4.35. The zero-order valence-electron chi connectivity index (χ0n) is 15.4. The first kappa shape index (κ1) is 19.1. The molecule has 0 radical (unpaired) electrons. The fourth-order valence-corrected chi connectivity index (χ4v) is 6.07. The number of hydrogen-bond acceptors (Lipinski definition) is 5. The van der Waals surface area contributed by atoms with Gasteiger partial charge in [-0.25, -0.2) is 13.2 Å². The lowest BCUT2D eigenvalue weighted by Crippen LogP contribution is -2.51. The predicted molar refractivity (Wildman–Crippen MR) is 95.1 cm³/mol. The molecule has 2 saturated heterocycles. The van der Waals surface area contributed by atoms with Gasteiger partial charge in [0.1, 0.15) is 12.1 Å². The summed E-state index contributed by atoms with van der Waals surface area (Å²) in [4.78, 5) is 40.6. The van der Waals surface area contributed by atoms with E-state index in [1.54, 1.807) is 4.90 Å². The molecular weight excluding hydrogens is 358 g/mol. The summed E-state index contributed by atoms with van der Waals surface area (Å²) in [6.45, 7) is 3.47. The molecule has 3 aliphatic rings. The third-order valence-electron chi connectivity index (χ3n) is 5.95. The molecule has 0 aromatic heterocycles. The molecule has 3 fully saturated rings. The largest absolute Gasteiger partial charge is 0.334 e. The SMILES string of the molecule is CC[C@H](C)N(C(=O)CN1C(=O)NC2(CCCC2)C1=O)[C@H]1CCS(=O)(=O)C1. The second-order valence-electron chi connectivity index (χ2n) is 7.73. The monoisotopic (exact) mass is 385 g/mol. The molecule has 0 aromatic rings. The molecule has 1 N–H and O–H groups in total. The van der Waals surface area contributed by atoms with E-state index < -0.39 is 21.4 Å². The van der Waals surface area contributed by atoms with Gasteiger partial charge >= 0.3 is 6.03 Å². The molecule has 1 spiro atoms. The van der Waals surface area contributed by atoms with E-state index in [0.717, 1.165) is 17.7 Å². The molecule has 1 saturated carbocycles. The lowest BCUT2D eigenvalue weighted by Gasteiger charge is -2.34. The molecule has 3 rings (SSSR count). The van der Waals surface area contributed by atoms with Gasteiger partial charge in [-0.05, 0) is 32.6 Å². The Morgan fingerprint density at radius 1 is 1.35 bits per heavy atom. The van der Waals surface area contributed by atoms with Crippen LogP contribution in [0.3, 0.4) is 0 Å². The molecule has 2 aliphatic heterocycles. The van der Waals surface area contributed by atoms with Gasteiger partial charge in [0.2, 0.25) is 5.91 Å². The Morgan fingerprint density at radius 3 is 2.54 bits per heavy atom. The fraction of sp³-hybridized carbons (Fsp3) is 0.824. The first-order valence-electron chi connectivity index (χ1n) is 9.35. The van der Waals surface area contributed by atoms with Gasteiger partial charge in [0.05, 0.1) is 11.5 Å². The Kier molecular flexibility index (Phi) is 5.02. The van der Waals surface area contributed by atoms with E-state index in [9.17, 15) is 22.8 Å². The summed E-state index contributed by atoms with van der Waals surface area (Å²) in [6, 6.07) is -1.06. The van der Waals surface area contributed by atoms with Crippen LogP contribution in [0.4, 0.5) is 4.79 Å². The van der Waals surface area contributed by atoms with Gasteiger partial charge < -0.3 is 10.2 Å². The summed E-state index contributed by atoms with van der Waals surface area (Å²) in [6.07, 6.45) is 4.06. The maximum atomic E-state index is 12.9. The maximum absolute atomic E-state index is 12.9. The number of nitrogens with zero attached hydrogens (tertiary/aromatic N) is 2. The molecule has 2 heterocycles. The van der Waals surface area contributed by atoms with Crippen LogP contribution >= 0.6 is 0 Å². The van der Waals surface area contributed by atoms with Gasteiger partial charge in [-0.1, -0.05) is 19.8 Å². The maximum Gasteiger partial charge on any atom is 0.325 e. The number of carbonyl (C=O) groups is 3. The van der Waals surface area contributed by atoms with Crippen molar-refractivity contribution in [1.82, 2.24) is 15.1 Å². The van der Waals surface area contributed by atoms with Crippen LogP contribution in [0.5, 0.6) is 0 Å². The minimum Gasteiger partial charge on any atom is -0.334 e. The van der Waals surface area contributed by atoms with Crippen molar-refractivity contribution >= 4 is 27.7 Å². The topological polar surface area (TPSA) is 104 Å². The predicted octanol–water partition coefficient (Wildman–Crippen LogP) is 0.665. The minimum absolute atomic E-state index is 0.0485. The average Bonchev–Trinajstić information content (AvgIpc) is 3.24. The summed E-state index contributed by atoms with van der Waals surface area (Å²) >= 11 is 0. The van der Waals surface area contributed by atoms with E-state index in [1.165, 1.54) is 0 Å². The van der Waals surface area contributed by atoms with Crippen molar-refractivity contribution in [2.75, 3.05) is 18.1 Å². The van der Waals surface area contributed by atoms with Crippen molar-refractivity contribution in [2.45, 2.75) is 70.0 Å². The number of rotatable bonds is 5. The van der Waals surface area contributed by atoms with Gasteiger partial charge in [0.25, 0.3) is 5.91 Å². The van der Waals surface area contributed by atoms with E-state index in [0.29, 0.717) is 25.7 Å². The van der Waals surface area contributed by atoms with Gasteiger partial charge in [-0.2, -0.15) is 0 Å². The van der Waals surface area contributed by atoms with Crippen LogP contribution in [0, 0.1) is 0 Å². The first-order chi connectivity index (χ1) is 12.2. The standard InChI is InChI=1S/C17H27N3O5S/c1-3-12(2)20(13-6-9-26(24,25)11-13)14(21)10-19-15(22)17(18-16(19)23)7-4-5-8-17/h12-13H,3-11H2,1-2H3,(H,18,23)/t12-,13-/m0/s1. The summed E-state index contributed by atoms with van der Waals surface area (Å²) in [5.41, 5.74) is -0.838. The van der Waals surface area contributed by atoms with Crippen molar-refractivity contribution < 1.29 is 22.8 Å². The van der Waals surface area contributed by atoms with Crippen molar-refractivity contribution in [2.24, 2.45) is 0 Å². The van der Waals surface area contributed by atoms with Crippen molar-refractivity contribution in [3.63, 3.8) is 0 Å². The number of urea groups is 1. The van der Waals surface area contributed by atoms with Gasteiger partial charge in [0, 0.05) is 12.1 Å². The Bertz CT molecular complexity index is 714. The molecule has 0 bridgehead atoms. The van der Waals surface area contributed by atoms with Crippen molar-refractivity contribution in [3.05, 3.63) is 0 Å². The summed E-state index contributed by atoms with van der Waals surface area (Å²) in [5.74, 6) is -0.659. The highest BCUT2D eigenvalue weighted by molar-refractivity contribution is 7.91. The Hall–Kier alpha value is -1.64. The smallest absolute Gasteiger partial charge is 0.325 e. The van der Waals surface area contributed by atoms with Gasteiger partial charge in [0.15, 0.2) is 9.84 Å². The third-order valence-corrected chi connectivity index (χ3v) is 7.70. The van der Waals surface area contributed by atoms with E-state index in [4.69, 9.17) is 0 Å². The van der Waals surface area contributed by atoms with E-state index in [2.05, 4.69) is 5.32 Å². The number of sulfone groups is 1. The molecule has 1 aliphatic carbocycles. The van der Waals surface area contributed by atoms with Crippen LogP contribution in [0.2, 0.25) is 0 Å². The minimum atomic E-state index is -3.14. The molecule has 0 aromatic carbocycles. The molecule has 4 amide bonds. The molecule has 9 heteroatoms. The second-order valence-corrected chi connectivity index (χ2v) is 9.95. The summed E-state index contributed by atoms with van der Waals surface area (Å²) < 4.78 is 23.7. The van der Waals surface area contributed by atoms with E-state index in [-0.39, 0.29) is 41.9 Å². The molecule has 0 unspecified atom stereocenters. The number of amides is 4. The van der Waals surface area contributed by atoms with Gasteiger partial charge in [-0.3, -0.25) is 14.5 Å². The number of imide groups is 1. The van der Waals surface area contributed by atoms with Crippen LogP contribution in [0.25, 0.3) is 0 Å². The highest BCUT2D eigenvalue weighted by atomic mass is 32.2. The zero-order chi connectivity index (χ0) is 19.1. The van der Waals surface area contributed by atoms with Crippen LogP contribution < -0.4 is 5.32 Å². The lowest BCUT2D eigenvalue weighted by molar-refractivity contribution is -0.141. The highest BCUT2D eigenvalue weighted by Crippen LogP contribution is 2.35. The van der Waals surface area contributed by atoms with Gasteiger partial charge in [-0.15, -0.1) is 0 Å². The molecule has 8 nitrogen and oxygen atoms in total. The molecule has 26 heavy (non-hydrogen) atoms. The summed E-state index contributed by atoms with van der Waals surface area (Å²) in [5, 5.41) is 2.77. The van der Waals surface area contributed by atoms with Crippen LogP contribution in [-0.2, 0) is 19.4 Å². The normalized spacial score (nSPS) is 27.8. The van der Waals surface area contributed by atoms with Crippen LogP contribution in [0.15, 0.2) is 0 Å². The summed E-state index contributed by atoms with van der Waals surface area (Å²) in [7, 11) is -3.14. The van der Waals surface area contributed by atoms with Crippen molar-refractivity contribution in [3.8, 4) is 0 Å². The zero-order valence-corrected chi connectivity index (χ0v) is 16.2. The third kappa shape index (κ3) is 3.33. The quantitative estimate of drug-likeness (QED) is 0.701. The number of nitrogens with one attached hydrogen (secondary N) is 1. The van der Waals surface area contributed by atoms with Crippen LogP contribution in [0.1, 0.15) is 52.4 Å². The van der Waals surface area contributed by atoms with E-state index >= 15 is 0 Å². The van der Waals surface area contributed by atoms with Crippen LogP contribution in [-0.4, -0.2) is 71.7 Å². The Morgan fingerprint density at radius 2 is 2.00 bits per heavy atom. The molecule has 146 valence electrons. The second kappa shape index (κ2) is 6.83. The highest BCUT2D eigenvalue weighted by Gasteiger charge is 2.53. The lowest BCUT2D eigenvalue weighted by atomic mass is 9.98. The number of hydrogen-bond donors (Lipinski definition) is 1. The van der Waals surface area contributed by atoms with E-state index in [1.807, 2.05) is 13.8 Å².